The summed E-state index contributed by atoms with van der Waals surface area (Å²) in [5.74, 6) is 1.56. The average Bonchev–Trinajstić information content (AvgIpc) is 2.67. The van der Waals surface area contributed by atoms with E-state index in [4.69, 9.17) is 20.2 Å². The second-order valence-corrected chi connectivity index (χ2v) is 7.74. The molecule has 0 saturated heterocycles. The molecule has 26 heavy (non-hydrogen) atoms. The molecule has 1 aromatic rings. The van der Waals surface area contributed by atoms with Crippen LogP contribution in [0.5, 0.6) is 0 Å². The third-order valence-electron chi connectivity index (χ3n) is 3.75. The fourth-order valence-electron chi connectivity index (χ4n) is 2.23. The largest absolute Gasteiger partial charge is 0.467 e. The normalized spacial score (nSPS) is 12.1. The number of esters is 1. The van der Waals surface area contributed by atoms with Gasteiger partial charge in [0, 0.05) is 26.2 Å². The molecule has 0 unspecified atom stereocenters. The number of benzene rings is 1. The summed E-state index contributed by atoms with van der Waals surface area (Å²) in [7, 11) is 0.727. The minimum Gasteiger partial charge on any atom is -0.467 e. The molecule has 7 nitrogen and oxygen atoms in total. The number of amides is 1. The lowest BCUT2D eigenvalue weighted by atomic mass is 10.1. The zero-order valence-electron chi connectivity index (χ0n) is 15.2. The van der Waals surface area contributed by atoms with Crippen molar-refractivity contribution >= 4 is 19.5 Å². The number of unbranched alkanes of at least 4 members (excludes halogenated alkanes) is 1. The molecule has 0 aromatic heterocycles. The van der Waals surface area contributed by atoms with E-state index in [-0.39, 0.29) is 6.16 Å². The molecular formula is C18H24NO6P. The van der Waals surface area contributed by atoms with Gasteiger partial charge in [0.15, 0.2) is 0 Å². The number of hydrogen-bond donors (Lipinski definition) is 1. The second kappa shape index (κ2) is 10.8. The van der Waals surface area contributed by atoms with Crippen molar-refractivity contribution in [3.8, 4) is 12.3 Å². The van der Waals surface area contributed by atoms with Gasteiger partial charge in [-0.3, -0.25) is 9.36 Å². The van der Waals surface area contributed by atoms with Crippen molar-refractivity contribution in [1.82, 2.24) is 5.32 Å². The van der Waals surface area contributed by atoms with Gasteiger partial charge < -0.3 is 19.1 Å². The van der Waals surface area contributed by atoms with Crippen LogP contribution in [0.3, 0.4) is 0 Å². The number of ether oxygens (including phenoxy) is 1. The van der Waals surface area contributed by atoms with E-state index < -0.39 is 25.5 Å². The van der Waals surface area contributed by atoms with E-state index >= 15 is 0 Å². The summed E-state index contributed by atoms with van der Waals surface area (Å²) in [5, 5.41) is 2.65. The Morgan fingerprint density at radius 2 is 1.81 bits per heavy atom. The smallest absolute Gasteiger partial charge is 0.334 e. The van der Waals surface area contributed by atoms with Gasteiger partial charge in [-0.1, -0.05) is 12.1 Å². The van der Waals surface area contributed by atoms with Crippen molar-refractivity contribution in [1.29, 1.82) is 0 Å². The number of methoxy groups -OCH3 is 1. The van der Waals surface area contributed by atoms with Crippen LogP contribution in [-0.2, 0) is 29.3 Å². The quantitative estimate of drug-likeness (QED) is 0.290. The molecule has 0 aliphatic rings. The Hall–Kier alpha value is -2.13. The molecule has 8 heteroatoms. The third-order valence-corrected chi connectivity index (χ3v) is 5.62. The van der Waals surface area contributed by atoms with Crippen LogP contribution in [0, 0.1) is 12.3 Å². The van der Waals surface area contributed by atoms with Crippen LogP contribution in [-0.4, -0.2) is 39.2 Å². The highest BCUT2D eigenvalue weighted by Crippen LogP contribution is 2.49. The van der Waals surface area contributed by atoms with Gasteiger partial charge in [0.1, 0.15) is 6.04 Å². The molecule has 0 aliphatic heterocycles. The van der Waals surface area contributed by atoms with Gasteiger partial charge in [-0.15, -0.1) is 12.3 Å². The minimum absolute atomic E-state index is 0.0960. The van der Waals surface area contributed by atoms with Gasteiger partial charge in [-0.25, -0.2) is 4.79 Å². The van der Waals surface area contributed by atoms with Crippen LogP contribution in [0.1, 0.15) is 35.2 Å². The van der Waals surface area contributed by atoms with Crippen molar-refractivity contribution in [2.75, 3.05) is 21.3 Å². The molecule has 0 heterocycles. The lowest BCUT2D eigenvalue weighted by molar-refractivity contribution is -0.143. The standard InChI is InChI=1S/C18H24NO6P/c1-5-6-7-8-16(18(21)23-2)19-17(20)15-11-9-14(10-12-15)13-26(22,24-3)25-4/h1,9-12,16H,6-8,13H2,2-4H3,(H,19,20)/t16-/m1/s1. The van der Waals surface area contributed by atoms with E-state index in [1.54, 1.807) is 24.3 Å². The lowest BCUT2D eigenvalue weighted by Gasteiger charge is -2.16. The zero-order chi connectivity index (χ0) is 19.6. The molecule has 1 atom stereocenters. The van der Waals surface area contributed by atoms with E-state index in [0.29, 0.717) is 30.4 Å². The summed E-state index contributed by atoms with van der Waals surface area (Å²) >= 11 is 0. The van der Waals surface area contributed by atoms with Crippen molar-refractivity contribution in [3.05, 3.63) is 35.4 Å². The predicted molar refractivity (Wildman–Crippen MR) is 97.7 cm³/mol. The SMILES string of the molecule is C#CCCC[C@@H](NC(=O)c1ccc(CP(=O)(OC)OC)cc1)C(=O)OC. The Bertz CT molecular complexity index is 687. The molecule has 142 valence electrons. The Morgan fingerprint density at radius 1 is 1.19 bits per heavy atom. The summed E-state index contributed by atoms with van der Waals surface area (Å²) in [4.78, 5) is 24.2. The first-order valence-corrected chi connectivity index (χ1v) is 9.73. The van der Waals surface area contributed by atoms with Crippen LogP contribution >= 0.6 is 7.60 Å². The van der Waals surface area contributed by atoms with Gasteiger partial charge >= 0.3 is 13.6 Å². The van der Waals surface area contributed by atoms with Crippen molar-refractivity contribution in [2.45, 2.75) is 31.5 Å². The summed E-state index contributed by atoms with van der Waals surface area (Å²) < 4.78 is 26.6. The van der Waals surface area contributed by atoms with Gasteiger partial charge in [-0.2, -0.15) is 0 Å². The first-order chi connectivity index (χ1) is 12.4. The fourth-order valence-corrected chi connectivity index (χ4v) is 3.30. The highest BCUT2D eigenvalue weighted by Gasteiger charge is 2.23. The topological polar surface area (TPSA) is 90.9 Å². The van der Waals surface area contributed by atoms with E-state index in [2.05, 4.69) is 11.2 Å². The van der Waals surface area contributed by atoms with Crippen molar-refractivity contribution in [2.24, 2.45) is 0 Å². The Kier molecular flexibility index (Phi) is 9.08. The first kappa shape index (κ1) is 21.9. The summed E-state index contributed by atoms with van der Waals surface area (Å²) in [6, 6.07) is 5.71. The van der Waals surface area contributed by atoms with E-state index in [1.807, 2.05) is 0 Å². The molecule has 0 radical (unpaired) electrons. The third kappa shape index (κ3) is 6.64. The lowest BCUT2D eigenvalue weighted by Crippen LogP contribution is -2.41. The number of terminal acetylenes is 1. The average molecular weight is 381 g/mol. The van der Waals surface area contributed by atoms with Crippen LogP contribution in [0.2, 0.25) is 0 Å². The van der Waals surface area contributed by atoms with Crippen LogP contribution in [0.15, 0.2) is 24.3 Å². The van der Waals surface area contributed by atoms with Crippen LogP contribution in [0.25, 0.3) is 0 Å². The number of nitrogens with one attached hydrogen (secondary N) is 1. The van der Waals surface area contributed by atoms with Gasteiger partial charge in [-0.05, 0) is 30.5 Å². The van der Waals surface area contributed by atoms with E-state index in [1.165, 1.54) is 21.3 Å². The Balaban J connectivity index is 2.78. The molecular weight excluding hydrogens is 357 g/mol. The molecule has 1 aromatic carbocycles. The molecule has 0 spiro atoms. The van der Waals surface area contributed by atoms with Gasteiger partial charge in [0.2, 0.25) is 0 Å². The van der Waals surface area contributed by atoms with E-state index in [0.717, 1.165) is 0 Å². The predicted octanol–water partition coefficient (Wildman–Crippen LogP) is 2.75. The number of rotatable bonds is 10. The molecule has 1 N–H and O–H groups in total. The number of carbonyl (C=O) groups is 2. The van der Waals surface area contributed by atoms with Crippen molar-refractivity contribution in [3.63, 3.8) is 0 Å². The van der Waals surface area contributed by atoms with Crippen molar-refractivity contribution < 1.29 is 27.9 Å². The maximum atomic E-state index is 12.4. The molecule has 1 rings (SSSR count). The minimum atomic E-state index is -3.18. The molecule has 0 aliphatic carbocycles. The molecule has 1 amide bonds. The Morgan fingerprint density at radius 3 is 2.31 bits per heavy atom. The van der Waals surface area contributed by atoms with Crippen LogP contribution < -0.4 is 5.32 Å². The molecule has 0 fully saturated rings. The maximum absolute atomic E-state index is 12.4. The number of hydrogen-bond acceptors (Lipinski definition) is 6. The van der Waals surface area contributed by atoms with Gasteiger partial charge in [0.05, 0.1) is 13.3 Å². The summed E-state index contributed by atoms with van der Waals surface area (Å²) in [6.07, 6.45) is 6.80. The highest BCUT2D eigenvalue weighted by atomic mass is 31.2. The zero-order valence-corrected chi connectivity index (χ0v) is 16.1. The van der Waals surface area contributed by atoms with E-state index in [9.17, 15) is 14.2 Å². The van der Waals surface area contributed by atoms with Crippen LogP contribution in [0.4, 0.5) is 0 Å². The monoisotopic (exact) mass is 381 g/mol. The summed E-state index contributed by atoms with van der Waals surface area (Å²) in [5.41, 5.74) is 1.07. The second-order valence-electron chi connectivity index (χ2n) is 5.48. The number of carbonyl (C=O) groups excluding carboxylic acids is 2. The molecule has 0 saturated carbocycles. The maximum Gasteiger partial charge on any atom is 0.334 e. The fraction of sp³-hybridized carbons (Fsp3) is 0.444. The van der Waals surface area contributed by atoms with Gasteiger partial charge in [0.25, 0.3) is 5.91 Å². The Labute approximate surface area is 153 Å². The first-order valence-electron chi connectivity index (χ1n) is 8.00. The molecule has 0 bridgehead atoms. The summed E-state index contributed by atoms with van der Waals surface area (Å²) in [6.45, 7) is 0. The highest BCUT2D eigenvalue weighted by molar-refractivity contribution is 7.52.